The first kappa shape index (κ1) is 19.3. The highest BCUT2D eigenvalue weighted by Gasteiger charge is 2.34. The summed E-state index contributed by atoms with van der Waals surface area (Å²) in [7, 11) is 1.62. The molecule has 1 aromatic heterocycles. The Bertz CT molecular complexity index is 975. The number of ether oxygens (including phenoxy) is 3. The summed E-state index contributed by atoms with van der Waals surface area (Å²) >= 11 is 1.37. The molecule has 4 rings (SSSR count). The van der Waals surface area contributed by atoms with Gasteiger partial charge in [0.1, 0.15) is 29.5 Å². The average Bonchev–Trinajstić information content (AvgIpc) is 3.29. The molecule has 1 saturated heterocycles. The molecule has 0 unspecified atom stereocenters. The fourth-order valence-corrected chi connectivity index (χ4v) is 4.25. The van der Waals surface area contributed by atoms with E-state index in [0.717, 1.165) is 11.4 Å². The number of carbonyl (C=O) groups excluding carboxylic acids is 1. The van der Waals surface area contributed by atoms with E-state index in [9.17, 15) is 4.79 Å². The zero-order valence-corrected chi connectivity index (χ0v) is 17.0. The zero-order valence-electron chi connectivity index (χ0n) is 16.1. The highest BCUT2D eigenvalue weighted by molar-refractivity contribution is 8.00. The molecular weight excluding hydrogens is 390 g/mol. The molecule has 1 aliphatic rings. The van der Waals surface area contributed by atoms with E-state index in [1.807, 2.05) is 66.1 Å². The molecule has 0 N–H and O–H groups in total. The van der Waals surface area contributed by atoms with Crippen molar-refractivity contribution in [2.45, 2.75) is 36.5 Å². The number of carbonyl (C=O) groups is 1. The van der Waals surface area contributed by atoms with E-state index in [4.69, 9.17) is 14.2 Å². The molecule has 0 saturated carbocycles. The fourth-order valence-electron chi connectivity index (χ4n) is 3.07. The number of hydrogen-bond acceptors (Lipinski definition) is 7. The second-order valence-corrected chi connectivity index (χ2v) is 7.79. The fraction of sp³-hybridized carbons (Fsp3) is 0.286. The Morgan fingerprint density at radius 1 is 1.10 bits per heavy atom. The molecule has 3 aromatic rings. The van der Waals surface area contributed by atoms with Crippen molar-refractivity contribution in [1.82, 2.24) is 14.8 Å². The maximum absolute atomic E-state index is 12.1. The van der Waals surface area contributed by atoms with Crippen molar-refractivity contribution in [1.29, 1.82) is 0 Å². The molecular formula is C21H21N3O4S. The van der Waals surface area contributed by atoms with Crippen LogP contribution in [-0.4, -0.2) is 39.2 Å². The molecule has 0 amide bonds. The lowest BCUT2D eigenvalue weighted by atomic mass is 10.3. The molecule has 1 fully saturated rings. The van der Waals surface area contributed by atoms with Crippen LogP contribution in [0.3, 0.4) is 0 Å². The lowest BCUT2D eigenvalue weighted by molar-refractivity contribution is -0.140. The van der Waals surface area contributed by atoms with Crippen LogP contribution in [0.25, 0.3) is 5.69 Å². The van der Waals surface area contributed by atoms with Gasteiger partial charge in [0.25, 0.3) is 0 Å². The summed E-state index contributed by atoms with van der Waals surface area (Å²) in [5.41, 5.74) is 0.910. The molecule has 0 spiro atoms. The molecule has 2 heterocycles. The lowest BCUT2D eigenvalue weighted by Crippen LogP contribution is -2.12. The standard InChI is InChI=1S/C21H21N3O4S/c1-14-12-18(20(25)28-14)29-21-23-22-19(24(21)15-6-4-3-5-7-15)13-27-17-10-8-16(26-2)9-11-17/h3-11,14,18H,12-13H2,1-2H3/t14-,18-/m0/s1. The number of benzene rings is 2. The van der Waals surface area contributed by atoms with Gasteiger partial charge in [0.15, 0.2) is 11.0 Å². The van der Waals surface area contributed by atoms with Gasteiger partial charge < -0.3 is 14.2 Å². The third-order valence-corrected chi connectivity index (χ3v) is 5.66. The summed E-state index contributed by atoms with van der Waals surface area (Å²) in [5, 5.41) is 9.00. The van der Waals surface area contributed by atoms with E-state index < -0.39 is 0 Å². The van der Waals surface area contributed by atoms with E-state index in [-0.39, 0.29) is 23.9 Å². The predicted octanol–water partition coefficient (Wildman–Crippen LogP) is 3.65. The van der Waals surface area contributed by atoms with Crippen molar-refractivity contribution in [2.24, 2.45) is 0 Å². The Morgan fingerprint density at radius 2 is 1.83 bits per heavy atom. The second-order valence-electron chi connectivity index (χ2n) is 6.62. The maximum atomic E-state index is 12.1. The summed E-state index contributed by atoms with van der Waals surface area (Å²) < 4.78 is 18.3. The molecule has 0 bridgehead atoms. The van der Waals surface area contributed by atoms with Gasteiger partial charge in [0, 0.05) is 12.1 Å². The summed E-state index contributed by atoms with van der Waals surface area (Å²) in [6.45, 7) is 2.13. The summed E-state index contributed by atoms with van der Waals surface area (Å²) in [4.78, 5) is 12.1. The number of hydrogen-bond donors (Lipinski definition) is 0. The van der Waals surface area contributed by atoms with Gasteiger partial charge in [-0.2, -0.15) is 0 Å². The van der Waals surface area contributed by atoms with Crippen molar-refractivity contribution >= 4 is 17.7 Å². The van der Waals surface area contributed by atoms with Crippen LogP contribution in [0, 0.1) is 0 Å². The van der Waals surface area contributed by atoms with Crippen LogP contribution in [0.15, 0.2) is 59.8 Å². The molecule has 7 nitrogen and oxygen atoms in total. The largest absolute Gasteiger partial charge is 0.497 e. The minimum absolute atomic E-state index is 0.0778. The Kier molecular flexibility index (Phi) is 5.71. The molecule has 0 aliphatic carbocycles. The number of para-hydroxylation sites is 1. The van der Waals surface area contributed by atoms with Gasteiger partial charge in [-0.05, 0) is 43.3 Å². The van der Waals surface area contributed by atoms with E-state index in [2.05, 4.69) is 10.2 Å². The van der Waals surface area contributed by atoms with Gasteiger partial charge >= 0.3 is 5.97 Å². The second kappa shape index (κ2) is 8.57. The third-order valence-electron chi connectivity index (χ3n) is 4.52. The molecule has 2 atom stereocenters. The summed E-state index contributed by atoms with van der Waals surface area (Å²) in [5.74, 6) is 1.91. The van der Waals surface area contributed by atoms with E-state index >= 15 is 0 Å². The number of esters is 1. The molecule has 150 valence electrons. The van der Waals surface area contributed by atoms with Crippen molar-refractivity contribution < 1.29 is 19.0 Å². The Morgan fingerprint density at radius 3 is 2.48 bits per heavy atom. The normalized spacial score (nSPS) is 18.5. The van der Waals surface area contributed by atoms with Crippen LogP contribution in [0.5, 0.6) is 11.5 Å². The molecule has 2 aromatic carbocycles. The van der Waals surface area contributed by atoms with Gasteiger partial charge in [0.05, 0.1) is 7.11 Å². The number of methoxy groups -OCH3 is 1. The van der Waals surface area contributed by atoms with E-state index in [0.29, 0.717) is 23.2 Å². The van der Waals surface area contributed by atoms with Crippen LogP contribution in [0.2, 0.25) is 0 Å². The summed E-state index contributed by atoms with van der Waals surface area (Å²) in [6, 6.07) is 17.1. The van der Waals surface area contributed by atoms with Crippen LogP contribution in [-0.2, 0) is 16.1 Å². The highest BCUT2D eigenvalue weighted by Crippen LogP contribution is 2.33. The third kappa shape index (κ3) is 4.37. The smallest absolute Gasteiger partial charge is 0.319 e. The Hall–Kier alpha value is -3.00. The van der Waals surface area contributed by atoms with Gasteiger partial charge in [0.2, 0.25) is 0 Å². The first-order valence-electron chi connectivity index (χ1n) is 9.28. The van der Waals surface area contributed by atoms with Gasteiger partial charge in [-0.1, -0.05) is 30.0 Å². The number of rotatable bonds is 7. The molecule has 29 heavy (non-hydrogen) atoms. The predicted molar refractivity (Wildman–Crippen MR) is 109 cm³/mol. The van der Waals surface area contributed by atoms with Crippen molar-refractivity contribution in [2.75, 3.05) is 7.11 Å². The number of nitrogens with zero attached hydrogens (tertiary/aromatic N) is 3. The zero-order chi connectivity index (χ0) is 20.2. The van der Waals surface area contributed by atoms with Gasteiger partial charge in [-0.3, -0.25) is 9.36 Å². The first-order chi connectivity index (χ1) is 14.1. The molecule has 8 heteroatoms. The Labute approximate surface area is 173 Å². The maximum Gasteiger partial charge on any atom is 0.319 e. The van der Waals surface area contributed by atoms with Crippen LogP contribution in [0.1, 0.15) is 19.2 Å². The number of aromatic nitrogens is 3. The first-order valence-corrected chi connectivity index (χ1v) is 10.2. The monoisotopic (exact) mass is 411 g/mol. The van der Waals surface area contributed by atoms with Crippen LogP contribution in [0.4, 0.5) is 0 Å². The lowest BCUT2D eigenvalue weighted by Gasteiger charge is -2.12. The van der Waals surface area contributed by atoms with Gasteiger partial charge in [-0.25, -0.2) is 0 Å². The van der Waals surface area contributed by atoms with E-state index in [1.54, 1.807) is 7.11 Å². The van der Waals surface area contributed by atoms with Crippen molar-refractivity contribution in [3.8, 4) is 17.2 Å². The van der Waals surface area contributed by atoms with Crippen molar-refractivity contribution in [3.05, 3.63) is 60.4 Å². The molecule has 1 aliphatic heterocycles. The topological polar surface area (TPSA) is 75.5 Å². The Balaban J connectivity index is 1.58. The van der Waals surface area contributed by atoms with Crippen LogP contribution >= 0.6 is 11.8 Å². The van der Waals surface area contributed by atoms with Gasteiger partial charge in [-0.15, -0.1) is 10.2 Å². The highest BCUT2D eigenvalue weighted by atomic mass is 32.2. The van der Waals surface area contributed by atoms with Crippen LogP contribution < -0.4 is 9.47 Å². The quantitative estimate of drug-likeness (QED) is 0.549. The SMILES string of the molecule is COc1ccc(OCc2nnc(S[C@H]3C[C@H](C)OC3=O)n2-c2ccccc2)cc1. The number of thioether (sulfide) groups is 1. The minimum Gasteiger partial charge on any atom is -0.497 e. The average molecular weight is 411 g/mol. The number of cyclic esters (lactones) is 1. The minimum atomic E-state index is -0.285. The molecule has 0 radical (unpaired) electrons. The summed E-state index contributed by atoms with van der Waals surface area (Å²) in [6.07, 6.45) is 0.578. The van der Waals surface area contributed by atoms with E-state index in [1.165, 1.54) is 11.8 Å². The van der Waals surface area contributed by atoms with Crippen molar-refractivity contribution in [3.63, 3.8) is 0 Å².